The first-order valence-electron chi connectivity index (χ1n) is 13.0. The van der Waals surface area contributed by atoms with Crippen molar-refractivity contribution >= 4 is 33.4 Å². The number of nitrogens with zero attached hydrogens (tertiary/aromatic N) is 1. The van der Waals surface area contributed by atoms with Gasteiger partial charge < -0.3 is 19.8 Å². The van der Waals surface area contributed by atoms with E-state index in [0.717, 1.165) is 24.1 Å². The van der Waals surface area contributed by atoms with E-state index >= 15 is 0 Å². The number of ether oxygens (including phenoxy) is 1. The summed E-state index contributed by atoms with van der Waals surface area (Å²) in [6.07, 6.45) is -7.95. The molecule has 0 amide bonds. The summed E-state index contributed by atoms with van der Waals surface area (Å²) in [5.74, 6) is -56.9. The Balaban J connectivity index is 2.36. The third kappa shape index (κ3) is 7.09. The predicted molar refractivity (Wildman–Crippen MR) is 138 cm³/mol. The first kappa shape index (κ1) is 44.6. The van der Waals surface area contributed by atoms with Gasteiger partial charge in [0.15, 0.2) is 0 Å². The maximum atomic E-state index is 14.5. The van der Waals surface area contributed by atoms with E-state index in [4.69, 9.17) is 14.9 Å². The number of aromatic carboxylic acids is 2. The van der Waals surface area contributed by atoms with Gasteiger partial charge in [-0.05, 0) is 42.5 Å². The lowest BCUT2D eigenvalue weighted by Crippen LogP contribution is -2.75. The lowest BCUT2D eigenvalue weighted by molar-refractivity contribution is -0.458. The molecule has 0 aromatic heterocycles. The van der Waals surface area contributed by atoms with Crippen LogP contribution in [0.3, 0.4) is 0 Å². The number of carboxylic acid groups (broad SMARTS) is 2. The van der Waals surface area contributed by atoms with Gasteiger partial charge in [-0.3, -0.25) is 0 Å². The Morgan fingerprint density at radius 2 is 0.962 bits per heavy atom. The molecule has 0 aliphatic carbocycles. The summed E-state index contributed by atoms with van der Waals surface area (Å²) >= 11 is 0. The molecule has 27 heteroatoms. The van der Waals surface area contributed by atoms with Crippen LogP contribution in [0, 0.1) is 0 Å². The number of carbonyl (C=O) groups excluding carboxylic acids is 1. The second kappa shape index (κ2) is 13.7. The van der Waals surface area contributed by atoms with Crippen LogP contribution in [0.4, 0.5) is 80.3 Å². The highest BCUT2D eigenvalue weighted by Crippen LogP contribution is 2.64. The molecule has 0 saturated heterocycles. The number of sulfone groups is 1. The van der Waals surface area contributed by atoms with E-state index in [0.29, 0.717) is 18.2 Å². The summed E-state index contributed by atoms with van der Waals surface area (Å²) in [5, 5.41) is 10.4. The highest BCUT2D eigenvalue weighted by molar-refractivity contribution is 7.92. The zero-order valence-corrected chi connectivity index (χ0v) is 25.9. The summed E-state index contributed by atoms with van der Waals surface area (Å²) in [6, 6.07) is 2.71. The van der Waals surface area contributed by atoms with Crippen molar-refractivity contribution in [2.45, 2.75) is 51.9 Å². The smallest absolute Gasteiger partial charge is 0.460 e. The van der Waals surface area contributed by atoms with Gasteiger partial charge in [0.05, 0.1) is 28.1 Å². The van der Waals surface area contributed by atoms with Crippen LogP contribution in [0.2, 0.25) is 0 Å². The average molecular weight is 825 g/mol. The number of benzene rings is 2. The van der Waals surface area contributed by atoms with E-state index in [9.17, 15) is 97.4 Å². The number of carboxylic acids is 2. The monoisotopic (exact) mass is 825 g/mol. The average Bonchev–Trinajstić information content (AvgIpc) is 3.03. The number of anilines is 1. The molecule has 0 fully saturated rings. The SMILES string of the molecule is CN(CCOC(=O)c1cc(C(=O)O)cc(C(=O)O)c1)c1ccc(S(=O)(=O)C(F)(F)C(F)(F)C(F)(F)C(F)(F)C(F)(F)C(F)(F)C(F)(F)C(F)(F)F)cc1. The Morgan fingerprint density at radius 1 is 0.604 bits per heavy atom. The molecule has 0 aliphatic heterocycles. The van der Waals surface area contributed by atoms with Crippen molar-refractivity contribution in [3.05, 3.63) is 59.2 Å². The Morgan fingerprint density at radius 3 is 1.34 bits per heavy atom. The van der Waals surface area contributed by atoms with Crippen LogP contribution in [0.1, 0.15) is 31.1 Å². The molecule has 0 saturated carbocycles. The fraction of sp³-hybridized carbons (Fsp3) is 0.423. The van der Waals surface area contributed by atoms with E-state index < -0.39 is 109 Å². The van der Waals surface area contributed by atoms with Gasteiger partial charge in [-0.1, -0.05) is 0 Å². The first-order chi connectivity index (χ1) is 23.5. The van der Waals surface area contributed by atoms with Gasteiger partial charge in [0.2, 0.25) is 9.84 Å². The Hall–Kier alpha value is -4.59. The van der Waals surface area contributed by atoms with E-state index in [1.54, 1.807) is 0 Å². The van der Waals surface area contributed by atoms with Crippen molar-refractivity contribution in [2.24, 2.45) is 0 Å². The molecular formula is C26H16F17NO8S. The maximum absolute atomic E-state index is 14.5. The van der Waals surface area contributed by atoms with E-state index in [-0.39, 0.29) is 17.8 Å². The molecule has 0 radical (unpaired) electrons. The Bertz CT molecular complexity index is 1810. The third-order valence-electron chi connectivity index (χ3n) is 6.94. The molecule has 298 valence electrons. The highest BCUT2D eigenvalue weighted by atomic mass is 32.2. The summed E-state index contributed by atoms with van der Waals surface area (Å²) in [6.45, 7) is -1.15. The van der Waals surface area contributed by atoms with Crippen LogP contribution in [0.15, 0.2) is 47.4 Å². The summed E-state index contributed by atoms with van der Waals surface area (Å²) in [4.78, 5) is 33.4. The second-order valence-corrected chi connectivity index (χ2v) is 12.4. The van der Waals surface area contributed by atoms with Gasteiger partial charge in [-0.2, -0.15) is 74.6 Å². The van der Waals surface area contributed by atoms with Crippen LogP contribution in [-0.2, 0) is 14.6 Å². The summed E-state index contributed by atoms with van der Waals surface area (Å²) in [7, 11) is -6.46. The molecular weight excluding hydrogens is 809 g/mol. The molecule has 0 atom stereocenters. The zero-order valence-electron chi connectivity index (χ0n) is 25.1. The number of rotatable bonds is 15. The molecule has 2 N–H and O–H groups in total. The van der Waals surface area contributed by atoms with E-state index in [2.05, 4.69) is 0 Å². The van der Waals surface area contributed by atoms with Gasteiger partial charge in [-0.25, -0.2) is 22.8 Å². The Labute approximate surface area is 282 Å². The van der Waals surface area contributed by atoms with Gasteiger partial charge in [0.1, 0.15) is 6.61 Å². The number of carbonyl (C=O) groups is 3. The fourth-order valence-electron chi connectivity index (χ4n) is 3.83. The molecule has 0 bridgehead atoms. The number of halogens is 17. The number of likely N-dealkylation sites (N-methyl/N-ethyl adjacent to an activating group) is 1. The van der Waals surface area contributed by atoms with Gasteiger partial charge in [0, 0.05) is 12.7 Å². The van der Waals surface area contributed by atoms with Crippen molar-refractivity contribution < 1.29 is 112 Å². The van der Waals surface area contributed by atoms with Crippen molar-refractivity contribution in [3.63, 3.8) is 0 Å². The number of hydrogen-bond acceptors (Lipinski definition) is 7. The predicted octanol–water partition coefficient (Wildman–Crippen LogP) is 7.12. The van der Waals surface area contributed by atoms with Crippen molar-refractivity contribution in [1.82, 2.24) is 0 Å². The number of hydrogen-bond donors (Lipinski definition) is 2. The van der Waals surface area contributed by atoms with Crippen LogP contribution >= 0.6 is 0 Å². The second-order valence-electron chi connectivity index (χ2n) is 10.4. The van der Waals surface area contributed by atoms with E-state index in [1.165, 1.54) is 0 Å². The lowest BCUT2D eigenvalue weighted by atomic mass is 9.91. The third-order valence-corrected chi connectivity index (χ3v) is 8.77. The van der Waals surface area contributed by atoms with Gasteiger partial charge >= 0.3 is 64.9 Å². The lowest BCUT2D eigenvalue weighted by Gasteiger charge is -2.42. The summed E-state index contributed by atoms with van der Waals surface area (Å²) in [5.41, 5.74) is -2.21. The minimum absolute atomic E-state index is 0.120. The van der Waals surface area contributed by atoms with Crippen molar-refractivity contribution in [3.8, 4) is 0 Å². The molecule has 0 unspecified atom stereocenters. The number of alkyl halides is 17. The van der Waals surface area contributed by atoms with Crippen molar-refractivity contribution in [1.29, 1.82) is 0 Å². The zero-order chi connectivity index (χ0) is 41.8. The quantitative estimate of drug-likeness (QED) is 0.142. The largest absolute Gasteiger partial charge is 0.478 e. The minimum atomic E-state index is -8.96. The van der Waals surface area contributed by atoms with Gasteiger partial charge in [-0.15, -0.1) is 0 Å². The normalized spacial score (nSPS) is 14.2. The molecule has 0 aliphatic rings. The van der Waals surface area contributed by atoms with Crippen molar-refractivity contribution in [2.75, 3.05) is 25.1 Å². The number of esters is 1. The van der Waals surface area contributed by atoms with Gasteiger partial charge in [0.25, 0.3) is 0 Å². The maximum Gasteiger partial charge on any atom is 0.460 e. The standard InChI is InChI=1S/C26H16F17NO8S/c1-44(6-7-52-18(49)13-9-11(16(45)46)8-12(10-13)17(47)48)14-2-4-15(5-3-14)53(50,51)26(42,43)24(37,38)22(33,34)20(29,30)19(27,28)21(31,32)23(35,36)25(39,40)41/h2-5,8-10H,6-7H2,1H3,(H,45,46)(H,47,48). The van der Waals surface area contributed by atoms with Crippen LogP contribution in [0.5, 0.6) is 0 Å². The molecule has 0 heterocycles. The molecule has 9 nitrogen and oxygen atoms in total. The molecule has 2 aromatic rings. The fourth-order valence-corrected chi connectivity index (χ4v) is 5.08. The van der Waals surface area contributed by atoms with Crippen LogP contribution in [-0.4, -0.2) is 104 Å². The van der Waals surface area contributed by atoms with Crippen LogP contribution < -0.4 is 4.90 Å². The first-order valence-corrected chi connectivity index (χ1v) is 14.5. The summed E-state index contributed by atoms with van der Waals surface area (Å²) < 4.78 is 260. The van der Waals surface area contributed by atoms with Crippen LogP contribution in [0.25, 0.3) is 0 Å². The molecule has 53 heavy (non-hydrogen) atoms. The minimum Gasteiger partial charge on any atom is -0.478 e. The molecule has 2 rings (SSSR count). The van der Waals surface area contributed by atoms with E-state index in [1.807, 2.05) is 0 Å². The molecule has 0 spiro atoms. The molecule has 2 aromatic carbocycles. The Kier molecular flexibility index (Phi) is 11.5. The topological polar surface area (TPSA) is 138 Å². The highest BCUT2D eigenvalue weighted by Gasteiger charge is 2.96.